The second-order valence-corrected chi connectivity index (χ2v) is 9.82. The topological polar surface area (TPSA) is 71.5 Å². The minimum atomic E-state index is -1.23. The van der Waals surface area contributed by atoms with E-state index in [1.54, 1.807) is 17.4 Å². The van der Waals surface area contributed by atoms with E-state index in [4.69, 9.17) is 14.5 Å². The fourth-order valence-electron chi connectivity index (χ4n) is 4.72. The molecule has 7 heteroatoms. The Bertz CT molecular complexity index is 1360. The monoisotopic (exact) mass is 483 g/mol. The SMILES string of the molecule is Cc1c(-c2cc(C(=O)[O-])c3c(O[C@@H](C)C4CCOCC4)ccc(C)c3n2)sc2ccccc12.[Na+]. The number of carboxylic acids is 1. The van der Waals surface area contributed by atoms with Crippen LogP contribution in [0.15, 0.2) is 42.5 Å². The van der Waals surface area contributed by atoms with Crippen LogP contribution < -0.4 is 39.4 Å². The zero-order valence-corrected chi connectivity index (χ0v) is 22.8. The van der Waals surface area contributed by atoms with Crippen LogP contribution in [0.2, 0.25) is 0 Å². The third kappa shape index (κ3) is 4.62. The van der Waals surface area contributed by atoms with Crippen LogP contribution in [0.5, 0.6) is 5.75 Å². The van der Waals surface area contributed by atoms with Crippen LogP contribution in [0, 0.1) is 19.8 Å². The van der Waals surface area contributed by atoms with Gasteiger partial charge in [0.25, 0.3) is 0 Å². The molecule has 0 aliphatic carbocycles. The molecule has 1 aliphatic rings. The summed E-state index contributed by atoms with van der Waals surface area (Å²) in [5.74, 6) is -0.313. The van der Waals surface area contributed by atoms with Crippen molar-refractivity contribution in [1.82, 2.24) is 4.98 Å². The molecule has 0 radical (unpaired) electrons. The maximum Gasteiger partial charge on any atom is 1.00 e. The summed E-state index contributed by atoms with van der Waals surface area (Å²) in [6.45, 7) is 7.51. The Hall–Kier alpha value is -1.96. The minimum Gasteiger partial charge on any atom is -0.545 e. The fraction of sp³-hybridized carbons (Fsp3) is 0.333. The van der Waals surface area contributed by atoms with Gasteiger partial charge in [0.15, 0.2) is 0 Å². The third-order valence-electron chi connectivity index (χ3n) is 6.66. The average molecular weight is 484 g/mol. The molecule has 1 atom stereocenters. The summed E-state index contributed by atoms with van der Waals surface area (Å²) in [6, 6.07) is 13.6. The van der Waals surface area contributed by atoms with Crippen LogP contribution in [0.1, 0.15) is 41.3 Å². The van der Waals surface area contributed by atoms with Crippen LogP contribution in [-0.2, 0) is 4.74 Å². The van der Waals surface area contributed by atoms with Crippen molar-refractivity contribution >= 4 is 38.3 Å². The predicted molar refractivity (Wildman–Crippen MR) is 130 cm³/mol. The number of carboxylic acid groups (broad SMARTS) is 1. The number of aryl methyl sites for hydroxylation is 2. The van der Waals surface area contributed by atoms with Crippen LogP contribution >= 0.6 is 11.3 Å². The molecule has 0 saturated carbocycles. The molecular formula is C27H26NNaO4S. The number of rotatable bonds is 5. The first-order valence-corrected chi connectivity index (χ1v) is 12.1. The van der Waals surface area contributed by atoms with E-state index in [0.29, 0.717) is 28.3 Å². The number of carbonyl (C=O) groups excluding carboxylic acids is 1. The number of benzene rings is 2. The van der Waals surface area contributed by atoms with Crippen molar-refractivity contribution in [2.45, 2.75) is 39.7 Å². The normalized spacial score (nSPS) is 15.3. The number of hydrogen-bond acceptors (Lipinski definition) is 6. The first kappa shape index (κ1) is 25.1. The molecule has 170 valence electrons. The molecule has 1 saturated heterocycles. The van der Waals surface area contributed by atoms with E-state index in [2.05, 4.69) is 19.1 Å². The van der Waals surface area contributed by atoms with Crippen LogP contribution in [0.3, 0.4) is 0 Å². The number of aromatic carboxylic acids is 1. The summed E-state index contributed by atoms with van der Waals surface area (Å²) >= 11 is 1.63. The van der Waals surface area contributed by atoms with E-state index in [1.807, 2.05) is 38.1 Å². The van der Waals surface area contributed by atoms with Crippen molar-refractivity contribution in [3.63, 3.8) is 0 Å². The number of aromatic nitrogens is 1. The maximum absolute atomic E-state index is 12.3. The van der Waals surface area contributed by atoms with Gasteiger partial charge in [-0.05, 0) is 74.2 Å². The Labute approximate surface area is 225 Å². The van der Waals surface area contributed by atoms with E-state index >= 15 is 0 Å². The van der Waals surface area contributed by atoms with Crippen LogP contribution in [-0.4, -0.2) is 30.3 Å². The Morgan fingerprint density at radius 3 is 2.62 bits per heavy atom. The third-order valence-corrected chi connectivity index (χ3v) is 7.96. The van der Waals surface area contributed by atoms with Gasteiger partial charge in [0.2, 0.25) is 0 Å². The summed E-state index contributed by atoms with van der Waals surface area (Å²) in [7, 11) is 0. The first-order chi connectivity index (χ1) is 15.9. The van der Waals surface area contributed by atoms with E-state index in [-0.39, 0.29) is 41.2 Å². The van der Waals surface area contributed by atoms with Crippen molar-refractivity contribution in [3.8, 4) is 16.3 Å². The maximum atomic E-state index is 12.3. The molecule has 3 heterocycles. The molecule has 0 N–H and O–H groups in total. The molecule has 0 amide bonds. The quantitative estimate of drug-likeness (QED) is 0.408. The van der Waals surface area contributed by atoms with Crippen LogP contribution in [0.25, 0.3) is 31.6 Å². The fourth-order valence-corrected chi connectivity index (χ4v) is 5.89. The molecule has 0 unspecified atom stereocenters. The molecule has 2 aromatic carbocycles. The second kappa shape index (κ2) is 10.3. The van der Waals surface area contributed by atoms with E-state index in [9.17, 15) is 9.90 Å². The van der Waals surface area contributed by atoms with Gasteiger partial charge in [0, 0.05) is 23.5 Å². The smallest absolute Gasteiger partial charge is 0.545 e. The van der Waals surface area contributed by atoms with Gasteiger partial charge in [-0.3, -0.25) is 0 Å². The zero-order chi connectivity index (χ0) is 23.1. The molecule has 0 bridgehead atoms. The van der Waals surface area contributed by atoms with Crippen LogP contribution in [0.4, 0.5) is 0 Å². The number of pyridine rings is 1. The second-order valence-electron chi connectivity index (χ2n) is 8.77. The summed E-state index contributed by atoms with van der Waals surface area (Å²) in [4.78, 5) is 18.2. The van der Waals surface area contributed by atoms with Gasteiger partial charge in [0.05, 0.1) is 33.5 Å². The number of carbonyl (C=O) groups is 1. The Morgan fingerprint density at radius 1 is 1.18 bits per heavy atom. The molecule has 4 aromatic rings. The van der Waals surface area contributed by atoms with Gasteiger partial charge in [-0.1, -0.05) is 24.3 Å². The van der Waals surface area contributed by atoms with Crippen molar-refractivity contribution in [2.24, 2.45) is 5.92 Å². The van der Waals surface area contributed by atoms with Gasteiger partial charge < -0.3 is 19.4 Å². The molecule has 1 aliphatic heterocycles. The molecular weight excluding hydrogens is 457 g/mol. The molecule has 0 spiro atoms. The van der Waals surface area contributed by atoms with Crippen molar-refractivity contribution in [1.29, 1.82) is 0 Å². The van der Waals surface area contributed by atoms with Gasteiger partial charge >= 0.3 is 29.6 Å². The van der Waals surface area contributed by atoms with E-state index in [0.717, 1.165) is 52.1 Å². The number of fused-ring (bicyclic) bond motifs is 2. The predicted octanol–water partition coefficient (Wildman–Crippen LogP) is 2.29. The summed E-state index contributed by atoms with van der Waals surface area (Å²) in [5.41, 5.74) is 3.41. The standard InChI is InChI=1S/C27H27NO4S.Na/c1-15-8-9-22(32-17(3)18-10-12-31-13-11-18)24-20(27(29)30)14-21(28-25(15)24)26-16(2)19-6-4-5-7-23(19)33-26;/h4-9,14,17-18H,10-13H2,1-3H3,(H,29,30);/q;+1/p-1/t17-;/m0./s1. The number of thiophene rings is 1. The van der Waals surface area contributed by atoms with Gasteiger partial charge in [-0.15, -0.1) is 11.3 Å². The number of ether oxygens (including phenoxy) is 2. The minimum absolute atomic E-state index is 0. The van der Waals surface area contributed by atoms with Gasteiger partial charge in [-0.2, -0.15) is 0 Å². The molecule has 34 heavy (non-hydrogen) atoms. The van der Waals surface area contributed by atoms with Crippen molar-refractivity contribution < 1.29 is 48.9 Å². The Balaban J connectivity index is 0.00000274. The zero-order valence-electron chi connectivity index (χ0n) is 20.0. The molecule has 5 nitrogen and oxygen atoms in total. The van der Waals surface area contributed by atoms with E-state index in [1.165, 1.54) is 0 Å². The Kier molecular flexibility index (Phi) is 7.65. The molecule has 1 fully saturated rings. The average Bonchev–Trinajstić information content (AvgIpc) is 3.17. The largest absolute Gasteiger partial charge is 1.00 e. The van der Waals surface area contributed by atoms with Gasteiger partial charge in [0.1, 0.15) is 5.75 Å². The van der Waals surface area contributed by atoms with E-state index < -0.39 is 5.97 Å². The number of nitrogens with zero attached hydrogens (tertiary/aromatic N) is 1. The Morgan fingerprint density at radius 2 is 1.91 bits per heavy atom. The molecule has 5 rings (SSSR count). The summed E-state index contributed by atoms with van der Waals surface area (Å²) < 4.78 is 13.0. The summed E-state index contributed by atoms with van der Waals surface area (Å²) in [5, 5.41) is 14.0. The van der Waals surface area contributed by atoms with Gasteiger partial charge in [-0.25, -0.2) is 4.98 Å². The van der Waals surface area contributed by atoms with Crippen molar-refractivity contribution in [3.05, 3.63) is 59.2 Å². The number of hydrogen-bond donors (Lipinski definition) is 0. The summed E-state index contributed by atoms with van der Waals surface area (Å²) in [6.07, 6.45) is 1.82. The first-order valence-electron chi connectivity index (χ1n) is 11.3. The van der Waals surface area contributed by atoms with Crippen molar-refractivity contribution in [2.75, 3.05) is 13.2 Å². The molecule has 2 aromatic heterocycles.